The van der Waals surface area contributed by atoms with E-state index in [0.717, 1.165) is 56.3 Å². The van der Waals surface area contributed by atoms with Gasteiger partial charge in [-0.3, -0.25) is 4.79 Å². The van der Waals surface area contributed by atoms with Gasteiger partial charge < -0.3 is 10.0 Å². The third kappa shape index (κ3) is 2.69. The molecule has 26 heavy (non-hydrogen) atoms. The van der Waals surface area contributed by atoms with E-state index >= 15 is 0 Å². The Balaban J connectivity index is 1.22. The van der Waals surface area contributed by atoms with Crippen LogP contribution in [0.1, 0.15) is 74.8 Å². The lowest BCUT2D eigenvalue weighted by Gasteiger charge is -2.52. The van der Waals surface area contributed by atoms with E-state index in [1.807, 2.05) is 23.1 Å². The summed E-state index contributed by atoms with van der Waals surface area (Å²) in [5, 5.41) is 9.86. The summed E-state index contributed by atoms with van der Waals surface area (Å²) in [6.45, 7) is 3.45. The fourth-order valence-corrected chi connectivity index (χ4v) is 5.71. The SMILES string of the molecule is C[C@]1(O)C[C@@H](C(=O)N2CC3(CC[C@@H](c4cccc(C5CC5)c4F)C3)C2)C1. The van der Waals surface area contributed by atoms with Crippen LogP contribution in [0.5, 0.6) is 0 Å². The van der Waals surface area contributed by atoms with Crippen LogP contribution in [0.25, 0.3) is 0 Å². The van der Waals surface area contributed by atoms with Crippen molar-refractivity contribution < 1.29 is 14.3 Å². The van der Waals surface area contributed by atoms with Crippen LogP contribution in [0, 0.1) is 17.2 Å². The molecule has 0 bridgehead atoms. The molecule has 4 heteroatoms. The Labute approximate surface area is 154 Å². The molecule has 1 spiro atoms. The monoisotopic (exact) mass is 357 g/mol. The molecule has 4 aliphatic rings. The van der Waals surface area contributed by atoms with Crippen LogP contribution >= 0.6 is 0 Å². The quantitative estimate of drug-likeness (QED) is 0.889. The number of nitrogens with zero attached hydrogens (tertiary/aromatic N) is 1. The second-order valence-corrected chi connectivity index (χ2v) is 9.76. The van der Waals surface area contributed by atoms with Crippen LogP contribution in [0.4, 0.5) is 4.39 Å². The first-order valence-corrected chi connectivity index (χ1v) is 10.2. The van der Waals surface area contributed by atoms with Crippen molar-refractivity contribution >= 4 is 5.91 Å². The van der Waals surface area contributed by atoms with Crippen LogP contribution in [0.15, 0.2) is 18.2 Å². The van der Waals surface area contributed by atoms with Crippen LogP contribution in [-0.4, -0.2) is 34.6 Å². The second kappa shape index (κ2) is 5.54. The number of carbonyl (C=O) groups is 1. The second-order valence-electron chi connectivity index (χ2n) is 9.76. The zero-order valence-corrected chi connectivity index (χ0v) is 15.5. The van der Waals surface area contributed by atoms with Gasteiger partial charge in [0.2, 0.25) is 5.91 Å². The summed E-state index contributed by atoms with van der Waals surface area (Å²) in [6.07, 6.45) is 6.57. The summed E-state index contributed by atoms with van der Waals surface area (Å²) in [5.41, 5.74) is 1.39. The van der Waals surface area contributed by atoms with Crippen LogP contribution in [-0.2, 0) is 4.79 Å². The molecular formula is C22H28FNO2. The molecule has 1 aliphatic heterocycles. The molecule has 1 amide bonds. The van der Waals surface area contributed by atoms with Crippen molar-refractivity contribution in [1.82, 2.24) is 4.90 Å². The molecule has 1 aromatic rings. The van der Waals surface area contributed by atoms with Crippen molar-refractivity contribution in [3.8, 4) is 0 Å². The highest BCUT2D eigenvalue weighted by Gasteiger charge is 2.53. The Morgan fingerprint density at radius 1 is 1.12 bits per heavy atom. The first-order chi connectivity index (χ1) is 12.4. The molecule has 0 unspecified atom stereocenters. The highest BCUT2D eigenvalue weighted by molar-refractivity contribution is 5.81. The lowest BCUT2D eigenvalue weighted by molar-refractivity contribution is -0.161. The van der Waals surface area contributed by atoms with Gasteiger partial charge in [-0.15, -0.1) is 0 Å². The van der Waals surface area contributed by atoms with Gasteiger partial charge in [0.15, 0.2) is 0 Å². The smallest absolute Gasteiger partial charge is 0.225 e. The van der Waals surface area contributed by atoms with E-state index in [9.17, 15) is 14.3 Å². The summed E-state index contributed by atoms with van der Waals surface area (Å²) >= 11 is 0. The third-order valence-electron chi connectivity index (χ3n) is 7.30. The molecule has 0 radical (unpaired) electrons. The van der Waals surface area contributed by atoms with Gasteiger partial charge >= 0.3 is 0 Å². The molecule has 4 fully saturated rings. The van der Waals surface area contributed by atoms with E-state index in [1.165, 1.54) is 0 Å². The maximum Gasteiger partial charge on any atom is 0.225 e. The van der Waals surface area contributed by atoms with Crippen molar-refractivity contribution in [2.24, 2.45) is 11.3 Å². The Morgan fingerprint density at radius 3 is 2.38 bits per heavy atom. The van der Waals surface area contributed by atoms with E-state index in [4.69, 9.17) is 0 Å². The van der Waals surface area contributed by atoms with Crippen molar-refractivity contribution in [1.29, 1.82) is 0 Å². The average Bonchev–Trinajstić information content (AvgIpc) is 3.28. The van der Waals surface area contributed by atoms with Gasteiger partial charge in [-0.2, -0.15) is 0 Å². The molecule has 3 aliphatic carbocycles. The van der Waals surface area contributed by atoms with Gasteiger partial charge in [-0.1, -0.05) is 18.2 Å². The summed E-state index contributed by atoms with van der Waals surface area (Å²) in [7, 11) is 0. The summed E-state index contributed by atoms with van der Waals surface area (Å²) in [4.78, 5) is 14.5. The van der Waals surface area contributed by atoms with E-state index in [0.29, 0.717) is 24.7 Å². The van der Waals surface area contributed by atoms with Crippen molar-refractivity contribution in [2.75, 3.05) is 13.1 Å². The van der Waals surface area contributed by atoms with Crippen LogP contribution in [0.3, 0.4) is 0 Å². The Hall–Kier alpha value is -1.42. The van der Waals surface area contributed by atoms with Crippen LogP contribution in [0.2, 0.25) is 0 Å². The predicted molar refractivity (Wildman–Crippen MR) is 97.3 cm³/mol. The predicted octanol–water partition coefficient (Wildman–Crippen LogP) is 3.96. The van der Waals surface area contributed by atoms with Crippen molar-refractivity contribution in [3.05, 3.63) is 35.1 Å². The Morgan fingerprint density at radius 2 is 1.77 bits per heavy atom. The molecule has 1 atom stereocenters. The molecule has 1 aromatic carbocycles. The number of hydrogen-bond acceptors (Lipinski definition) is 2. The Kier molecular flexibility index (Phi) is 3.57. The first-order valence-electron chi connectivity index (χ1n) is 10.2. The van der Waals surface area contributed by atoms with Gasteiger partial charge in [0.25, 0.3) is 0 Å². The lowest BCUT2D eigenvalue weighted by atomic mass is 9.69. The topological polar surface area (TPSA) is 40.5 Å². The minimum Gasteiger partial charge on any atom is -0.390 e. The molecule has 140 valence electrons. The third-order valence-corrected chi connectivity index (χ3v) is 7.30. The van der Waals surface area contributed by atoms with E-state index in [2.05, 4.69) is 0 Å². The number of halogens is 1. The number of carbonyl (C=O) groups excluding carboxylic acids is 1. The van der Waals surface area contributed by atoms with E-state index < -0.39 is 5.60 Å². The number of hydrogen-bond donors (Lipinski definition) is 1. The maximum atomic E-state index is 14.9. The summed E-state index contributed by atoms with van der Waals surface area (Å²) in [6, 6.07) is 5.96. The Bertz CT molecular complexity index is 741. The molecular weight excluding hydrogens is 329 g/mol. The number of amides is 1. The molecule has 1 saturated heterocycles. The number of benzene rings is 1. The molecule has 5 rings (SSSR count). The average molecular weight is 357 g/mol. The number of aliphatic hydroxyl groups is 1. The molecule has 3 saturated carbocycles. The van der Waals surface area contributed by atoms with E-state index in [-0.39, 0.29) is 23.1 Å². The summed E-state index contributed by atoms with van der Waals surface area (Å²) in [5.74, 6) is 1.01. The van der Waals surface area contributed by atoms with Crippen molar-refractivity contribution in [2.45, 2.75) is 69.3 Å². The summed E-state index contributed by atoms with van der Waals surface area (Å²) < 4.78 is 14.9. The van der Waals surface area contributed by atoms with Crippen molar-refractivity contribution in [3.63, 3.8) is 0 Å². The molecule has 1 N–H and O–H groups in total. The van der Waals surface area contributed by atoms with Gasteiger partial charge in [0.1, 0.15) is 5.82 Å². The van der Waals surface area contributed by atoms with Gasteiger partial charge in [0, 0.05) is 24.4 Å². The molecule has 3 nitrogen and oxygen atoms in total. The van der Waals surface area contributed by atoms with E-state index in [1.54, 1.807) is 6.92 Å². The zero-order valence-electron chi connectivity index (χ0n) is 15.5. The first kappa shape index (κ1) is 16.7. The highest BCUT2D eigenvalue weighted by atomic mass is 19.1. The van der Waals surface area contributed by atoms with Gasteiger partial charge in [-0.05, 0) is 74.8 Å². The lowest BCUT2D eigenvalue weighted by Crippen LogP contribution is -2.61. The largest absolute Gasteiger partial charge is 0.390 e. The maximum absolute atomic E-state index is 14.9. The zero-order chi connectivity index (χ0) is 18.1. The fourth-order valence-electron chi connectivity index (χ4n) is 5.71. The van der Waals surface area contributed by atoms with Gasteiger partial charge in [-0.25, -0.2) is 4.39 Å². The highest BCUT2D eigenvalue weighted by Crippen LogP contribution is 2.54. The van der Waals surface area contributed by atoms with Gasteiger partial charge in [0.05, 0.1) is 5.60 Å². The normalized spacial score (nSPS) is 35.3. The minimum absolute atomic E-state index is 0.00668. The van der Waals surface area contributed by atoms with Crippen LogP contribution < -0.4 is 0 Å². The molecule has 1 heterocycles. The fraction of sp³-hybridized carbons (Fsp3) is 0.682. The number of rotatable bonds is 3. The minimum atomic E-state index is -0.647. The number of likely N-dealkylation sites (tertiary alicyclic amines) is 1. The molecule has 0 aromatic heterocycles. The standard InChI is InChI=1S/C22H28FNO2/c1-21(26)9-16(10-21)20(25)24-12-22(13-24)8-7-15(11-22)18-4-2-3-17(19(18)23)14-5-6-14/h2-4,14-16,26H,5-13H2,1H3/t15-,16-,21+/m1/s1.